The lowest BCUT2D eigenvalue weighted by Crippen LogP contribution is -2.43. The average molecular weight is 303 g/mol. The van der Waals surface area contributed by atoms with Gasteiger partial charge in [0.2, 0.25) is 0 Å². The summed E-state index contributed by atoms with van der Waals surface area (Å²) >= 11 is 0. The molecule has 0 aliphatic carbocycles. The van der Waals surface area contributed by atoms with Crippen molar-refractivity contribution < 1.29 is 4.39 Å². The van der Waals surface area contributed by atoms with Crippen LogP contribution in [0.2, 0.25) is 0 Å². The number of benzene rings is 1. The van der Waals surface area contributed by atoms with Crippen LogP contribution in [-0.2, 0) is 13.6 Å². The van der Waals surface area contributed by atoms with Crippen molar-refractivity contribution in [2.75, 3.05) is 25.0 Å². The number of para-hydroxylation sites is 1. The summed E-state index contributed by atoms with van der Waals surface area (Å²) in [4.78, 5) is 4.46. The van der Waals surface area contributed by atoms with E-state index < -0.39 is 0 Å². The second-order valence-electron chi connectivity index (χ2n) is 5.94. The predicted octanol–water partition coefficient (Wildman–Crippen LogP) is 2.05. The Bertz CT molecular complexity index is 619. The molecule has 1 aromatic heterocycles. The summed E-state index contributed by atoms with van der Waals surface area (Å²) in [6.07, 6.45) is 3.79. The molecule has 1 aliphatic heterocycles. The van der Waals surface area contributed by atoms with Crippen molar-refractivity contribution in [1.82, 2.24) is 19.7 Å². The standard InChI is InChI=1S/C16H22FN5/c1-20(11-16-19-18-12-21(16)2)13-7-9-22(10-8-13)15-6-4-3-5-14(15)17/h3-6,12-13H,7-11H2,1-2H3. The number of hydrogen-bond donors (Lipinski definition) is 0. The molecule has 0 amide bonds. The maximum absolute atomic E-state index is 13.9. The Morgan fingerprint density at radius 3 is 2.64 bits per heavy atom. The predicted molar refractivity (Wildman–Crippen MR) is 84.1 cm³/mol. The Labute approximate surface area is 130 Å². The Hall–Kier alpha value is -1.95. The molecular weight excluding hydrogens is 281 g/mol. The molecule has 0 saturated carbocycles. The molecule has 22 heavy (non-hydrogen) atoms. The summed E-state index contributed by atoms with van der Waals surface area (Å²) in [7, 11) is 4.09. The minimum absolute atomic E-state index is 0.131. The van der Waals surface area contributed by atoms with Crippen LogP contribution in [0, 0.1) is 5.82 Å². The monoisotopic (exact) mass is 303 g/mol. The zero-order chi connectivity index (χ0) is 15.5. The first-order valence-electron chi connectivity index (χ1n) is 7.67. The van der Waals surface area contributed by atoms with Crippen molar-refractivity contribution in [2.24, 2.45) is 7.05 Å². The van der Waals surface area contributed by atoms with Crippen LogP contribution in [0.15, 0.2) is 30.6 Å². The summed E-state index contributed by atoms with van der Waals surface area (Å²) in [5.41, 5.74) is 0.719. The SMILES string of the molecule is CN(Cc1nncn1C)C1CCN(c2ccccc2F)CC1. The van der Waals surface area contributed by atoms with Crippen LogP contribution >= 0.6 is 0 Å². The van der Waals surface area contributed by atoms with Gasteiger partial charge >= 0.3 is 0 Å². The summed E-state index contributed by atoms with van der Waals surface area (Å²) in [5, 5.41) is 8.05. The summed E-state index contributed by atoms with van der Waals surface area (Å²) < 4.78 is 15.8. The fourth-order valence-electron chi connectivity index (χ4n) is 3.06. The molecule has 118 valence electrons. The highest BCUT2D eigenvalue weighted by Gasteiger charge is 2.24. The van der Waals surface area contributed by atoms with Gasteiger partial charge in [-0.1, -0.05) is 12.1 Å². The molecule has 2 aromatic rings. The molecular formula is C16H22FN5. The van der Waals surface area contributed by atoms with Gasteiger partial charge < -0.3 is 9.47 Å². The van der Waals surface area contributed by atoms with Crippen LogP contribution in [-0.4, -0.2) is 45.8 Å². The van der Waals surface area contributed by atoms with Crippen molar-refractivity contribution in [3.63, 3.8) is 0 Å². The van der Waals surface area contributed by atoms with Gasteiger partial charge in [0.15, 0.2) is 0 Å². The maximum Gasteiger partial charge on any atom is 0.146 e. The summed E-state index contributed by atoms with van der Waals surface area (Å²) in [5.74, 6) is 0.840. The van der Waals surface area contributed by atoms with E-state index in [4.69, 9.17) is 0 Å². The molecule has 1 saturated heterocycles. The van der Waals surface area contributed by atoms with Crippen molar-refractivity contribution in [3.05, 3.63) is 42.2 Å². The molecule has 0 unspecified atom stereocenters. The highest BCUT2D eigenvalue weighted by atomic mass is 19.1. The van der Waals surface area contributed by atoms with Gasteiger partial charge in [0.25, 0.3) is 0 Å². The summed E-state index contributed by atoms with van der Waals surface area (Å²) in [6.45, 7) is 2.56. The van der Waals surface area contributed by atoms with E-state index in [0.29, 0.717) is 6.04 Å². The number of rotatable bonds is 4. The fraction of sp³-hybridized carbons (Fsp3) is 0.500. The minimum atomic E-state index is -0.131. The molecule has 0 atom stereocenters. The molecule has 1 aromatic carbocycles. The largest absolute Gasteiger partial charge is 0.369 e. The first kappa shape index (κ1) is 15.0. The lowest BCUT2D eigenvalue weighted by Gasteiger charge is -2.37. The molecule has 5 nitrogen and oxygen atoms in total. The van der Waals surface area contributed by atoms with Gasteiger partial charge in [-0.25, -0.2) is 4.39 Å². The average Bonchev–Trinajstić information content (AvgIpc) is 2.93. The van der Waals surface area contributed by atoms with Gasteiger partial charge in [0.05, 0.1) is 12.2 Å². The van der Waals surface area contributed by atoms with Crippen molar-refractivity contribution in [1.29, 1.82) is 0 Å². The number of anilines is 1. The number of halogens is 1. The lowest BCUT2D eigenvalue weighted by molar-refractivity contribution is 0.194. The molecule has 6 heteroatoms. The first-order chi connectivity index (χ1) is 10.6. The molecule has 0 N–H and O–H groups in total. The quantitative estimate of drug-likeness (QED) is 0.866. The van der Waals surface area contributed by atoms with E-state index in [-0.39, 0.29) is 5.82 Å². The topological polar surface area (TPSA) is 37.2 Å². The minimum Gasteiger partial charge on any atom is -0.369 e. The zero-order valence-corrected chi connectivity index (χ0v) is 13.1. The Balaban J connectivity index is 1.57. The third-order valence-electron chi connectivity index (χ3n) is 4.48. The van der Waals surface area contributed by atoms with E-state index in [1.807, 2.05) is 23.7 Å². The summed E-state index contributed by atoms with van der Waals surface area (Å²) in [6, 6.07) is 7.52. The van der Waals surface area contributed by atoms with E-state index in [9.17, 15) is 4.39 Å². The van der Waals surface area contributed by atoms with Gasteiger partial charge in [-0.3, -0.25) is 4.90 Å². The third kappa shape index (κ3) is 3.11. The number of hydrogen-bond acceptors (Lipinski definition) is 4. The smallest absolute Gasteiger partial charge is 0.146 e. The highest BCUT2D eigenvalue weighted by molar-refractivity contribution is 5.47. The van der Waals surface area contributed by atoms with E-state index in [0.717, 1.165) is 44.0 Å². The molecule has 0 radical (unpaired) electrons. The van der Waals surface area contributed by atoms with Gasteiger partial charge in [-0.05, 0) is 32.0 Å². The van der Waals surface area contributed by atoms with Crippen LogP contribution in [0.1, 0.15) is 18.7 Å². The second-order valence-corrected chi connectivity index (χ2v) is 5.94. The molecule has 3 rings (SSSR count). The van der Waals surface area contributed by atoms with Crippen molar-refractivity contribution >= 4 is 5.69 Å². The molecule has 2 heterocycles. The Kier molecular flexibility index (Phi) is 4.38. The van der Waals surface area contributed by atoms with E-state index in [2.05, 4.69) is 27.0 Å². The fourth-order valence-corrected chi connectivity index (χ4v) is 3.06. The molecule has 1 aliphatic rings. The van der Waals surface area contributed by atoms with Crippen molar-refractivity contribution in [2.45, 2.75) is 25.4 Å². The van der Waals surface area contributed by atoms with Crippen molar-refractivity contribution in [3.8, 4) is 0 Å². The lowest BCUT2D eigenvalue weighted by atomic mass is 10.0. The van der Waals surface area contributed by atoms with Gasteiger partial charge in [0, 0.05) is 26.2 Å². The number of aryl methyl sites for hydroxylation is 1. The number of aromatic nitrogens is 3. The second kappa shape index (κ2) is 6.44. The number of nitrogens with zero attached hydrogens (tertiary/aromatic N) is 5. The zero-order valence-electron chi connectivity index (χ0n) is 13.1. The van der Waals surface area contributed by atoms with Crippen LogP contribution in [0.3, 0.4) is 0 Å². The van der Waals surface area contributed by atoms with Crippen LogP contribution < -0.4 is 4.90 Å². The maximum atomic E-state index is 13.9. The van der Waals surface area contributed by atoms with Gasteiger partial charge in [-0.2, -0.15) is 0 Å². The molecule has 0 spiro atoms. The van der Waals surface area contributed by atoms with Gasteiger partial charge in [0.1, 0.15) is 18.0 Å². The van der Waals surface area contributed by atoms with Crippen LogP contribution in [0.5, 0.6) is 0 Å². The van der Waals surface area contributed by atoms with Crippen LogP contribution in [0.4, 0.5) is 10.1 Å². The third-order valence-corrected chi connectivity index (χ3v) is 4.48. The van der Waals surface area contributed by atoms with E-state index in [1.165, 1.54) is 6.07 Å². The van der Waals surface area contributed by atoms with Crippen LogP contribution in [0.25, 0.3) is 0 Å². The van der Waals surface area contributed by atoms with E-state index >= 15 is 0 Å². The normalized spacial score (nSPS) is 16.5. The van der Waals surface area contributed by atoms with Gasteiger partial charge in [-0.15, -0.1) is 10.2 Å². The highest BCUT2D eigenvalue weighted by Crippen LogP contribution is 2.24. The first-order valence-corrected chi connectivity index (χ1v) is 7.67. The molecule has 0 bridgehead atoms. The number of piperidine rings is 1. The van der Waals surface area contributed by atoms with E-state index in [1.54, 1.807) is 12.4 Å². The Morgan fingerprint density at radius 1 is 1.27 bits per heavy atom. The molecule has 1 fully saturated rings. The Morgan fingerprint density at radius 2 is 2.00 bits per heavy atom.